The summed E-state index contributed by atoms with van der Waals surface area (Å²) in [5, 5.41) is 6.52. The third kappa shape index (κ3) is 1.26. The Morgan fingerprint density at radius 2 is 2.29 bits per heavy atom. The number of hydrogen-bond donors (Lipinski definition) is 2. The molecule has 78 valence electrons. The van der Waals surface area contributed by atoms with Gasteiger partial charge in [0.15, 0.2) is 0 Å². The Balaban J connectivity index is 1.54. The Morgan fingerprint density at radius 1 is 1.43 bits per heavy atom. The molecule has 1 saturated heterocycles. The van der Waals surface area contributed by atoms with Crippen LogP contribution in [0.1, 0.15) is 32.1 Å². The van der Waals surface area contributed by atoms with E-state index in [2.05, 4.69) is 10.6 Å². The quantitative estimate of drug-likeness (QED) is 0.678. The minimum atomic E-state index is 0.332. The monoisotopic (exact) mass is 194 g/mol. The lowest BCUT2D eigenvalue weighted by molar-refractivity contribution is -0.124. The predicted molar refractivity (Wildman–Crippen MR) is 53.8 cm³/mol. The summed E-state index contributed by atoms with van der Waals surface area (Å²) in [4.78, 5) is 11.8. The van der Waals surface area contributed by atoms with Crippen molar-refractivity contribution in [1.29, 1.82) is 0 Å². The molecule has 3 nitrogen and oxygen atoms in total. The van der Waals surface area contributed by atoms with Crippen LogP contribution in [0.15, 0.2) is 0 Å². The second-order valence-corrected chi connectivity index (χ2v) is 5.18. The fraction of sp³-hybridized carbons (Fsp3) is 0.909. The van der Waals surface area contributed by atoms with E-state index in [0.717, 1.165) is 19.5 Å². The standard InChI is InChI=1S/C11H18N2O/c14-10(13-8-2-1-3-8)9-6-11(9)4-5-12-7-11/h8-9,12H,1-7H2,(H,13,14)/t9-,11+/m0/s1. The summed E-state index contributed by atoms with van der Waals surface area (Å²) in [6, 6.07) is 0.509. The molecule has 2 atom stereocenters. The zero-order valence-corrected chi connectivity index (χ0v) is 8.51. The average molecular weight is 194 g/mol. The minimum absolute atomic E-state index is 0.332. The molecule has 2 N–H and O–H groups in total. The molecule has 14 heavy (non-hydrogen) atoms. The van der Waals surface area contributed by atoms with Gasteiger partial charge in [0.2, 0.25) is 5.91 Å². The van der Waals surface area contributed by atoms with Crippen molar-refractivity contribution in [2.24, 2.45) is 11.3 Å². The maximum atomic E-state index is 11.8. The van der Waals surface area contributed by atoms with Gasteiger partial charge in [-0.1, -0.05) is 0 Å². The van der Waals surface area contributed by atoms with Crippen molar-refractivity contribution >= 4 is 5.91 Å². The molecule has 2 saturated carbocycles. The molecule has 0 bridgehead atoms. The van der Waals surface area contributed by atoms with Crippen molar-refractivity contribution in [3.05, 3.63) is 0 Å². The second kappa shape index (κ2) is 2.96. The summed E-state index contributed by atoms with van der Waals surface area (Å²) in [5.41, 5.74) is 0.369. The van der Waals surface area contributed by atoms with Gasteiger partial charge >= 0.3 is 0 Å². The minimum Gasteiger partial charge on any atom is -0.353 e. The predicted octanol–water partition coefficient (Wildman–Crippen LogP) is 0.655. The summed E-state index contributed by atoms with van der Waals surface area (Å²) in [5.74, 6) is 0.663. The van der Waals surface area contributed by atoms with E-state index in [1.165, 1.54) is 25.7 Å². The van der Waals surface area contributed by atoms with Crippen LogP contribution in [-0.2, 0) is 4.79 Å². The van der Waals surface area contributed by atoms with Gasteiger partial charge in [0.25, 0.3) is 0 Å². The zero-order chi connectivity index (χ0) is 9.60. The van der Waals surface area contributed by atoms with E-state index in [0.29, 0.717) is 23.3 Å². The van der Waals surface area contributed by atoms with Gasteiger partial charge in [0.05, 0.1) is 0 Å². The summed E-state index contributed by atoms with van der Waals surface area (Å²) in [6.07, 6.45) is 6.02. The van der Waals surface area contributed by atoms with Gasteiger partial charge in [-0.05, 0) is 44.1 Å². The first kappa shape index (κ1) is 8.72. The van der Waals surface area contributed by atoms with Gasteiger partial charge in [-0.25, -0.2) is 0 Å². The van der Waals surface area contributed by atoms with Crippen LogP contribution >= 0.6 is 0 Å². The van der Waals surface area contributed by atoms with Crippen molar-refractivity contribution in [2.75, 3.05) is 13.1 Å². The Hall–Kier alpha value is -0.570. The highest BCUT2D eigenvalue weighted by molar-refractivity contribution is 5.83. The van der Waals surface area contributed by atoms with Crippen molar-refractivity contribution in [3.63, 3.8) is 0 Å². The highest BCUT2D eigenvalue weighted by Crippen LogP contribution is 2.56. The molecule has 0 aromatic rings. The van der Waals surface area contributed by atoms with Crippen LogP contribution in [0, 0.1) is 11.3 Å². The molecular formula is C11H18N2O. The highest BCUT2D eigenvalue weighted by atomic mass is 16.2. The van der Waals surface area contributed by atoms with E-state index in [9.17, 15) is 4.79 Å². The Bertz CT molecular complexity index is 254. The molecular weight excluding hydrogens is 176 g/mol. The number of amides is 1. The second-order valence-electron chi connectivity index (χ2n) is 5.18. The SMILES string of the molecule is O=C(NC1CCC1)[C@@H]1C[C@@]12CCNC2. The lowest BCUT2D eigenvalue weighted by Crippen LogP contribution is -2.41. The largest absolute Gasteiger partial charge is 0.353 e. The molecule has 0 radical (unpaired) electrons. The lowest BCUT2D eigenvalue weighted by Gasteiger charge is -2.26. The fourth-order valence-corrected chi connectivity index (χ4v) is 2.81. The van der Waals surface area contributed by atoms with Crippen molar-refractivity contribution in [3.8, 4) is 0 Å². The molecule has 2 aliphatic carbocycles. The summed E-state index contributed by atoms with van der Waals surface area (Å²) in [7, 11) is 0. The molecule has 0 aromatic heterocycles. The van der Waals surface area contributed by atoms with Gasteiger partial charge < -0.3 is 10.6 Å². The lowest BCUT2D eigenvalue weighted by atomic mass is 9.92. The van der Waals surface area contributed by atoms with Crippen molar-refractivity contribution in [2.45, 2.75) is 38.1 Å². The van der Waals surface area contributed by atoms with Gasteiger partial charge in [-0.15, -0.1) is 0 Å². The molecule has 3 aliphatic rings. The maximum Gasteiger partial charge on any atom is 0.223 e. The van der Waals surface area contributed by atoms with Crippen LogP contribution in [0.4, 0.5) is 0 Å². The van der Waals surface area contributed by atoms with Gasteiger partial charge in [0.1, 0.15) is 0 Å². The van der Waals surface area contributed by atoms with Gasteiger partial charge in [-0.2, -0.15) is 0 Å². The Morgan fingerprint density at radius 3 is 2.86 bits per heavy atom. The van der Waals surface area contributed by atoms with E-state index in [-0.39, 0.29) is 0 Å². The summed E-state index contributed by atoms with van der Waals surface area (Å²) >= 11 is 0. The normalized spacial score (nSPS) is 41.0. The number of rotatable bonds is 2. The smallest absolute Gasteiger partial charge is 0.223 e. The zero-order valence-electron chi connectivity index (χ0n) is 8.51. The summed E-state index contributed by atoms with van der Waals surface area (Å²) in [6.45, 7) is 2.17. The van der Waals surface area contributed by atoms with Crippen molar-refractivity contribution in [1.82, 2.24) is 10.6 Å². The van der Waals surface area contributed by atoms with Gasteiger partial charge in [-0.3, -0.25) is 4.79 Å². The van der Waals surface area contributed by atoms with Crippen LogP contribution < -0.4 is 10.6 Å². The molecule has 1 aliphatic heterocycles. The van der Waals surface area contributed by atoms with Crippen molar-refractivity contribution < 1.29 is 4.79 Å². The molecule has 3 fully saturated rings. The maximum absolute atomic E-state index is 11.8. The van der Waals surface area contributed by atoms with Crippen LogP contribution in [0.2, 0.25) is 0 Å². The molecule has 0 unspecified atom stereocenters. The Kier molecular flexibility index (Phi) is 1.84. The molecule has 1 heterocycles. The first-order valence-electron chi connectivity index (χ1n) is 5.81. The van der Waals surface area contributed by atoms with E-state index >= 15 is 0 Å². The molecule has 1 spiro atoms. The number of nitrogens with one attached hydrogen (secondary N) is 2. The first-order chi connectivity index (χ1) is 6.80. The van der Waals surface area contributed by atoms with Crippen LogP contribution in [0.5, 0.6) is 0 Å². The number of carbonyl (C=O) groups is 1. The van der Waals surface area contributed by atoms with E-state index < -0.39 is 0 Å². The highest BCUT2D eigenvalue weighted by Gasteiger charge is 2.59. The molecule has 1 amide bonds. The van der Waals surface area contributed by atoms with Crippen LogP contribution in [0.25, 0.3) is 0 Å². The Labute approximate surface area is 84.6 Å². The molecule has 3 rings (SSSR count). The topological polar surface area (TPSA) is 41.1 Å². The van der Waals surface area contributed by atoms with Gasteiger partial charge in [0, 0.05) is 18.5 Å². The average Bonchev–Trinajstić information content (AvgIpc) is 2.57. The van der Waals surface area contributed by atoms with Crippen LogP contribution in [0.3, 0.4) is 0 Å². The van der Waals surface area contributed by atoms with Crippen LogP contribution in [-0.4, -0.2) is 25.0 Å². The third-order valence-electron chi connectivity index (χ3n) is 4.23. The summed E-state index contributed by atoms with van der Waals surface area (Å²) < 4.78 is 0. The van der Waals surface area contributed by atoms with E-state index in [1.54, 1.807) is 0 Å². The first-order valence-corrected chi connectivity index (χ1v) is 5.81. The third-order valence-corrected chi connectivity index (χ3v) is 4.23. The molecule has 3 heteroatoms. The fourth-order valence-electron chi connectivity index (χ4n) is 2.81. The van der Waals surface area contributed by atoms with E-state index in [4.69, 9.17) is 0 Å². The molecule has 0 aromatic carbocycles. The van der Waals surface area contributed by atoms with E-state index in [1.807, 2.05) is 0 Å². The number of carbonyl (C=O) groups excluding carboxylic acids is 1. The number of hydrogen-bond acceptors (Lipinski definition) is 2.